The SMILES string of the molecule is Cc1noc([C@@H]2CCN(C(=O)OC(C)(C)C)C2)n1. The highest BCUT2D eigenvalue weighted by Gasteiger charge is 2.33. The Balaban J connectivity index is 1.94. The van der Waals surface area contributed by atoms with Crippen molar-refractivity contribution in [3.05, 3.63) is 11.7 Å². The van der Waals surface area contributed by atoms with Gasteiger partial charge in [0, 0.05) is 13.1 Å². The van der Waals surface area contributed by atoms with Gasteiger partial charge in [-0.15, -0.1) is 0 Å². The van der Waals surface area contributed by atoms with E-state index in [2.05, 4.69) is 10.1 Å². The number of aromatic nitrogens is 2. The van der Waals surface area contributed by atoms with Crippen molar-refractivity contribution in [2.45, 2.75) is 45.6 Å². The van der Waals surface area contributed by atoms with Crippen molar-refractivity contribution in [2.24, 2.45) is 0 Å². The van der Waals surface area contributed by atoms with E-state index in [0.717, 1.165) is 6.42 Å². The quantitative estimate of drug-likeness (QED) is 0.766. The third-order valence-electron chi connectivity index (χ3n) is 2.73. The molecule has 0 N–H and O–H groups in total. The minimum Gasteiger partial charge on any atom is -0.444 e. The summed E-state index contributed by atoms with van der Waals surface area (Å²) >= 11 is 0. The van der Waals surface area contributed by atoms with E-state index in [4.69, 9.17) is 9.26 Å². The minimum atomic E-state index is -0.462. The van der Waals surface area contributed by atoms with E-state index < -0.39 is 5.60 Å². The predicted molar refractivity (Wildman–Crippen MR) is 64.2 cm³/mol. The number of amides is 1. The van der Waals surface area contributed by atoms with Gasteiger partial charge in [0.1, 0.15) is 5.60 Å². The normalized spacial score (nSPS) is 20.2. The average Bonchev–Trinajstić information content (AvgIpc) is 2.82. The van der Waals surface area contributed by atoms with Crippen molar-refractivity contribution in [1.29, 1.82) is 0 Å². The molecule has 1 aliphatic rings. The zero-order valence-electron chi connectivity index (χ0n) is 11.3. The van der Waals surface area contributed by atoms with Crippen LogP contribution < -0.4 is 0 Å². The molecular weight excluding hydrogens is 234 g/mol. The van der Waals surface area contributed by atoms with E-state index in [1.807, 2.05) is 20.8 Å². The number of hydrogen-bond acceptors (Lipinski definition) is 5. The predicted octanol–water partition coefficient (Wildman–Crippen LogP) is 2.10. The van der Waals surface area contributed by atoms with Crippen molar-refractivity contribution < 1.29 is 14.1 Å². The molecule has 1 saturated heterocycles. The Morgan fingerprint density at radius 2 is 2.22 bits per heavy atom. The molecule has 2 heterocycles. The van der Waals surface area contributed by atoms with Crippen LogP contribution in [0.25, 0.3) is 0 Å². The van der Waals surface area contributed by atoms with Gasteiger partial charge >= 0.3 is 6.09 Å². The Kier molecular flexibility index (Phi) is 3.28. The molecule has 100 valence electrons. The lowest BCUT2D eigenvalue weighted by molar-refractivity contribution is 0.0291. The van der Waals surface area contributed by atoms with Gasteiger partial charge in [-0.1, -0.05) is 5.16 Å². The summed E-state index contributed by atoms with van der Waals surface area (Å²) in [5.41, 5.74) is -0.462. The molecule has 1 aliphatic heterocycles. The summed E-state index contributed by atoms with van der Waals surface area (Å²) in [6, 6.07) is 0. The number of carbonyl (C=O) groups is 1. The van der Waals surface area contributed by atoms with Gasteiger partial charge in [0.15, 0.2) is 5.82 Å². The molecule has 0 saturated carbocycles. The van der Waals surface area contributed by atoms with Crippen LogP contribution in [0.3, 0.4) is 0 Å². The van der Waals surface area contributed by atoms with Crippen molar-refractivity contribution in [3.63, 3.8) is 0 Å². The standard InChI is InChI=1S/C12H19N3O3/c1-8-13-10(18-14-8)9-5-6-15(7-9)11(16)17-12(2,3)4/h9H,5-7H2,1-4H3/t9-/m1/s1. The zero-order valence-corrected chi connectivity index (χ0v) is 11.3. The fraction of sp³-hybridized carbons (Fsp3) is 0.750. The van der Waals surface area contributed by atoms with Crippen molar-refractivity contribution in [1.82, 2.24) is 15.0 Å². The lowest BCUT2D eigenvalue weighted by Gasteiger charge is -2.24. The first kappa shape index (κ1) is 12.9. The van der Waals surface area contributed by atoms with Gasteiger partial charge in [0.05, 0.1) is 5.92 Å². The van der Waals surface area contributed by atoms with Crippen LogP contribution in [-0.2, 0) is 4.74 Å². The van der Waals surface area contributed by atoms with Crippen LogP contribution in [0.2, 0.25) is 0 Å². The van der Waals surface area contributed by atoms with Crippen LogP contribution in [0, 0.1) is 6.92 Å². The molecule has 0 aliphatic carbocycles. The van der Waals surface area contributed by atoms with Gasteiger partial charge in [0.2, 0.25) is 5.89 Å². The largest absolute Gasteiger partial charge is 0.444 e. The summed E-state index contributed by atoms with van der Waals surface area (Å²) in [6.07, 6.45) is 0.558. The second-order valence-corrected chi connectivity index (χ2v) is 5.59. The molecule has 0 aromatic carbocycles. The number of carbonyl (C=O) groups excluding carboxylic acids is 1. The molecule has 2 rings (SSSR count). The number of likely N-dealkylation sites (tertiary alicyclic amines) is 1. The molecule has 0 radical (unpaired) electrons. The van der Waals surface area contributed by atoms with Crippen molar-refractivity contribution >= 4 is 6.09 Å². The van der Waals surface area contributed by atoms with Gasteiger partial charge in [-0.05, 0) is 34.1 Å². The summed E-state index contributed by atoms with van der Waals surface area (Å²) in [6.45, 7) is 8.62. The monoisotopic (exact) mass is 253 g/mol. The molecule has 0 bridgehead atoms. The topological polar surface area (TPSA) is 68.5 Å². The van der Waals surface area contributed by atoms with Crippen LogP contribution in [0.1, 0.15) is 44.8 Å². The Bertz CT molecular complexity index is 436. The molecule has 1 fully saturated rings. The highest BCUT2D eigenvalue weighted by atomic mass is 16.6. The van der Waals surface area contributed by atoms with E-state index >= 15 is 0 Å². The third-order valence-corrected chi connectivity index (χ3v) is 2.73. The Morgan fingerprint density at radius 1 is 1.50 bits per heavy atom. The van der Waals surface area contributed by atoms with E-state index in [9.17, 15) is 4.79 Å². The van der Waals surface area contributed by atoms with Crippen LogP contribution >= 0.6 is 0 Å². The van der Waals surface area contributed by atoms with E-state index in [0.29, 0.717) is 24.8 Å². The maximum absolute atomic E-state index is 11.9. The molecular formula is C12H19N3O3. The molecule has 0 spiro atoms. The van der Waals surface area contributed by atoms with Crippen molar-refractivity contribution in [2.75, 3.05) is 13.1 Å². The highest BCUT2D eigenvalue weighted by molar-refractivity contribution is 5.68. The van der Waals surface area contributed by atoms with Crippen LogP contribution in [0.4, 0.5) is 4.79 Å². The fourth-order valence-corrected chi connectivity index (χ4v) is 1.93. The number of rotatable bonds is 1. The fourth-order valence-electron chi connectivity index (χ4n) is 1.93. The number of ether oxygens (including phenoxy) is 1. The first-order chi connectivity index (χ1) is 8.35. The molecule has 18 heavy (non-hydrogen) atoms. The van der Waals surface area contributed by atoms with E-state index in [1.165, 1.54) is 0 Å². The van der Waals surface area contributed by atoms with Gasteiger partial charge in [-0.25, -0.2) is 4.79 Å². The first-order valence-corrected chi connectivity index (χ1v) is 6.13. The van der Waals surface area contributed by atoms with Crippen LogP contribution in [0.15, 0.2) is 4.52 Å². The summed E-state index contributed by atoms with van der Waals surface area (Å²) in [7, 11) is 0. The summed E-state index contributed by atoms with van der Waals surface area (Å²) in [4.78, 5) is 17.8. The average molecular weight is 253 g/mol. The Morgan fingerprint density at radius 3 is 2.78 bits per heavy atom. The lowest BCUT2D eigenvalue weighted by Crippen LogP contribution is -2.35. The summed E-state index contributed by atoms with van der Waals surface area (Å²) < 4.78 is 10.5. The van der Waals surface area contributed by atoms with Crippen LogP contribution in [0.5, 0.6) is 0 Å². The molecule has 1 aromatic rings. The Hall–Kier alpha value is -1.59. The van der Waals surface area contributed by atoms with Gasteiger partial charge < -0.3 is 14.2 Å². The van der Waals surface area contributed by atoms with E-state index in [-0.39, 0.29) is 12.0 Å². The molecule has 0 unspecified atom stereocenters. The molecule has 1 aromatic heterocycles. The summed E-state index contributed by atoms with van der Waals surface area (Å²) in [5, 5.41) is 3.77. The minimum absolute atomic E-state index is 0.124. The van der Waals surface area contributed by atoms with Gasteiger partial charge in [-0.3, -0.25) is 0 Å². The molecule has 1 atom stereocenters. The molecule has 6 heteroatoms. The molecule has 1 amide bonds. The maximum atomic E-state index is 11.9. The third kappa shape index (κ3) is 3.00. The molecule has 6 nitrogen and oxygen atoms in total. The first-order valence-electron chi connectivity index (χ1n) is 6.13. The van der Waals surface area contributed by atoms with Crippen LogP contribution in [-0.4, -0.2) is 39.8 Å². The number of hydrogen-bond donors (Lipinski definition) is 0. The zero-order chi connectivity index (χ0) is 13.3. The lowest BCUT2D eigenvalue weighted by atomic mass is 10.1. The van der Waals surface area contributed by atoms with Gasteiger partial charge in [0.25, 0.3) is 0 Å². The second kappa shape index (κ2) is 4.59. The summed E-state index contributed by atoms with van der Waals surface area (Å²) in [5.74, 6) is 1.36. The van der Waals surface area contributed by atoms with Crippen molar-refractivity contribution in [3.8, 4) is 0 Å². The Labute approximate surface area is 106 Å². The highest BCUT2D eigenvalue weighted by Crippen LogP contribution is 2.26. The number of aryl methyl sites for hydroxylation is 1. The second-order valence-electron chi connectivity index (χ2n) is 5.59. The maximum Gasteiger partial charge on any atom is 0.410 e. The van der Waals surface area contributed by atoms with Gasteiger partial charge in [-0.2, -0.15) is 4.98 Å². The smallest absolute Gasteiger partial charge is 0.410 e. The number of nitrogens with zero attached hydrogens (tertiary/aromatic N) is 3. The van der Waals surface area contributed by atoms with E-state index in [1.54, 1.807) is 11.8 Å².